The number of ether oxygens (including phenoxy) is 1. The molecule has 1 aliphatic heterocycles. The highest BCUT2D eigenvalue weighted by Gasteiger charge is 2.24. The first-order chi connectivity index (χ1) is 18.8. The van der Waals surface area contributed by atoms with Gasteiger partial charge in [-0.15, -0.1) is 11.3 Å². The Hall–Kier alpha value is -3.92. The molecule has 0 saturated carbocycles. The van der Waals surface area contributed by atoms with Crippen molar-refractivity contribution in [3.63, 3.8) is 0 Å². The summed E-state index contributed by atoms with van der Waals surface area (Å²) in [7, 11) is 1.66. The number of hydrogen-bond donors (Lipinski definition) is 1. The third-order valence-electron chi connectivity index (χ3n) is 6.42. The molecule has 1 N–H and O–H groups in total. The second-order valence-corrected chi connectivity index (χ2v) is 10.7. The smallest absolute Gasteiger partial charge is 0.254 e. The topological polar surface area (TPSA) is 95.1 Å². The molecule has 3 amide bonds. The summed E-state index contributed by atoms with van der Waals surface area (Å²) in [5.41, 5.74) is 2.20. The molecule has 0 radical (unpaired) electrons. The Labute approximate surface area is 233 Å². The quantitative estimate of drug-likeness (QED) is 0.414. The number of para-hydroxylation sites is 2. The number of nitrogens with one attached hydrogen (secondary N) is 1. The molecular formula is C29H35N5O4S. The van der Waals surface area contributed by atoms with Crippen molar-refractivity contribution < 1.29 is 19.1 Å². The number of piperazine rings is 1. The Kier molecular flexibility index (Phi) is 9.54. The van der Waals surface area contributed by atoms with Gasteiger partial charge in [-0.05, 0) is 30.2 Å². The largest absolute Gasteiger partial charge is 0.495 e. The molecule has 1 aliphatic rings. The number of carbonyl (C=O) groups excluding carboxylic acids is 3. The fourth-order valence-electron chi connectivity index (χ4n) is 4.56. The molecule has 9 nitrogen and oxygen atoms in total. The Morgan fingerprint density at radius 2 is 1.72 bits per heavy atom. The van der Waals surface area contributed by atoms with Gasteiger partial charge in [-0.3, -0.25) is 14.4 Å². The van der Waals surface area contributed by atoms with Gasteiger partial charge in [0.25, 0.3) is 5.91 Å². The predicted molar refractivity (Wildman–Crippen MR) is 153 cm³/mol. The summed E-state index contributed by atoms with van der Waals surface area (Å²) < 4.78 is 5.47. The van der Waals surface area contributed by atoms with Gasteiger partial charge in [0.15, 0.2) is 5.13 Å². The zero-order valence-electron chi connectivity index (χ0n) is 22.6. The molecule has 10 heteroatoms. The van der Waals surface area contributed by atoms with E-state index in [9.17, 15) is 14.4 Å². The molecular weight excluding hydrogens is 514 g/mol. The van der Waals surface area contributed by atoms with Gasteiger partial charge in [0, 0.05) is 43.7 Å². The van der Waals surface area contributed by atoms with Crippen LogP contribution in [0, 0.1) is 5.92 Å². The summed E-state index contributed by atoms with van der Waals surface area (Å²) in [6.07, 6.45) is 0.174. The van der Waals surface area contributed by atoms with E-state index in [1.165, 1.54) is 11.3 Å². The molecule has 2 heterocycles. The zero-order chi connectivity index (χ0) is 27.8. The van der Waals surface area contributed by atoms with Gasteiger partial charge in [-0.1, -0.05) is 44.2 Å². The predicted octanol–water partition coefficient (Wildman–Crippen LogP) is 3.78. The van der Waals surface area contributed by atoms with Gasteiger partial charge >= 0.3 is 0 Å². The first-order valence-electron chi connectivity index (χ1n) is 13.1. The number of benzene rings is 2. The van der Waals surface area contributed by atoms with Crippen LogP contribution in [0.2, 0.25) is 0 Å². The van der Waals surface area contributed by atoms with E-state index in [0.29, 0.717) is 36.0 Å². The number of methoxy groups -OCH3 is 1. The molecule has 3 aromatic rings. The molecule has 4 rings (SSSR count). The number of hydrogen-bond acceptors (Lipinski definition) is 7. The number of rotatable bonds is 10. The highest BCUT2D eigenvalue weighted by atomic mass is 32.1. The Morgan fingerprint density at radius 3 is 2.41 bits per heavy atom. The van der Waals surface area contributed by atoms with Crippen LogP contribution >= 0.6 is 11.3 Å². The minimum atomic E-state index is -0.320. The minimum Gasteiger partial charge on any atom is -0.495 e. The van der Waals surface area contributed by atoms with Crippen LogP contribution in [0.3, 0.4) is 0 Å². The van der Waals surface area contributed by atoms with Gasteiger partial charge in [-0.25, -0.2) is 4.98 Å². The van der Waals surface area contributed by atoms with Crippen molar-refractivity contribution in [3.05, 3.63) is 71.2 Å². The molecule has 206 valence electrons. The zero-order valence-corrected chi connectivity index (χ0v) is 23.4. The average molecular weight is 550 g/mol. The maximum atomic E-state index is 13.0. The minimum absolute atomic E-state index is 0.00872. The number of nitrogens with zero attached hydrogens (tertiary/aromatic N) is 4. The molecule has 0 bridgehead atoms. The first kappa shape index (κ1) is 28.1. The van der Waals surface area contributed by atoms with E-state index in [1.807, 2.05) is 49.1 Å². The number of anilines is 2. The lowest BCUT2D eigenvalue weighted by Crippen LogP contribution is -2.49. The molecule has 1 fully saturated rings. The Morgan fingerprint density at radius 1 is 1.03 bits per heavy atom. The molecule has 2 aromatic carbocycles. The third kappa shape index (κ3) is 7.57. The van der Waals surface area contributed by atoms with Crippen LogP contribution < -0.4 is 15.0 Å². The van der Waals surface area contributed by atoms with Gasteiger partial charge in [-0.2, -0.15) is 0 Å². The van der Waals surface area contributed by atoms with Crippen molar-refractivity contribution in [1.29, 1.82) is 0 Å². The van der Waals surface area contributed by atoms with E-state index in [0.717, 1.165) is 24.5 Å². The molecule has 0 atom stereocenters. The first-order valence-corrected chi connectivity index (χ1v) is 14.0. The molecule has 0 spiro atoms. The van der Waals surface area contributed by atoms with Crippen LogP contribution in [-0.4, -0.2) is 78.9 Å². The molecule has 0 unspecified atom stereocenters. The van der Waals surface area contributed by atoms with Crippen molar-refractivity contribution in [3.8, 4) is 5.75 Å². The third-order valence-corrected chi connectivity index (χ3v) is 7.22. The van der Waals surface area contributed by atoms with E-state index in [2.05, 4.69) is 15.2 Å². The van der Waals surface area contributed by atoms with Gasteiger partial charge < -0.3 is 24.8 Å². The summed E-state index contributed by atoms with van der Waals surface area (Å²) in [6.45, 7) is 7.08. The fraction of sp³-hybridized carbons (Fsp3) is 0.379. The Bertz CT molecular complexity index is 1270. The van der Waals surface area contributed by atoms with Crippen LogP contribution in [0.25, 0.3) is 0 Å². The molecule has 1 saturated heterocycles. The second kappa shape index (κ2) is 13.2. The number of amides is 3. The SMILES string of the molecule is COc1ccccc1N1CCN(C(=O)Cc2csc(NC(=O)CN(CC(C)C)C(=O)c3ccccc3)n2)CC1. The van der Waals surface area contributed by atoms with Crippen LogP contribution in [-0.2, 0) is 16.0 Å². The molecule has 39 heavy (non-hydrogen) atoms. The second-order valence-electron chi connectivity index (χ2n) is 9.85. The van der Waals surface area contributed by atoms with Gasteiger partial charge in [0.1, 0.15) is 12.3 Å². The van der Waals surface area contributed by atoms with Crippen LogP contribution in [0.4, 0.5) is 10.8 Å². The number of carbonyl (C=O) groups is 3. The van der Waals surface area contributed by atoms with E-state index in [4.69, 9.17) is 4.74 Å². The van der Waals surface area contributed by atoms with Crippen molar-refractivity contribution in [2.75, 3.05) is 56.6 Å². The Balaban J connectivity index is 1.28. The summed E-state index contributed by atoms with van der Waals surface area (Å²) in [4.78, 5) is 48.8. The van der Waals surface area contributed by atoms with Crippen LogP contribution in [0.1, 0.15) is 29.9 Å². The maximum Gasteiger partial charge on any atom is 0.254 e. The van der Waals surface area contributed by atoms with Crippen molar-refractivity contribution in [1.82, 2.24) is 14.8 Å². The van der Waals surface area contributed by atoms with E-state index in [1.54, 1.807) is 41.7 Å². The number of thiazole rings is 1. The lowest BCUT2D eigenvalue weighted by molar-refractivity contribution is -0.130. The lowest BCUT2D eigenvalue weighted by atomic mass is 10.1. The van der Waals surface area contributed by atoms with Crippen LogP contribution in [0.5, 0.6) is 5.75 Å². The highest BCUT2D eigenvalue weighted by molar-refractivity contribution is 7.13. The van der Waals surface area contributed by atoms with Crippen molar-refractivity contribution in [2.45, 2.75) is 20.3 Å². The standard InChI is InChI=1S/C29H35N5O4S/c1-21(2)18-34(28(37)22-9-5-4-6-10-22)19-26(35)31-29-30-23(20-39-29)17-27(36)33-15-13-32(14-16-33)24-11-7-8-12-25(24)38-3/h4-12,20-21H,13-19H2,1-3H3,(H,30,31,35). The van der Waals surface area contributed by atoms with Crippen molar-refractivity contribution >= 4 is 39.9 Å². The highest BCUT2D eigenvalue weighted by Crippen LogP contribution is 2.28. The van der Waals surface area contributed by atoms with Gasteiger partial charge in [0.2, 0.25) is 11.8 Å². The number of aromatic nitrogens is 1. The van der Waals surface area contributed by atoms with E-state index < -0.39 is 0 Å². The summed E-state index contributed by atoms with van der Waals surface area (Å²) >= 11 is 1.27. The normalized spacial score (nSPS) is 13.3. The summed E-state index contributed by atoms with van der Waals surface area (Å²) in [5.74, 6) is 0.537. The monoisotopic (exact) mass is 549 g/mol. The van der Waals surface area contributed by atoms with Crippen molar-refractivity contribution in [2.24, 2.45) is 5.92 Å². The lowest BCUT2D eigenvalue weighted by Gasteiger charge is -2.36. The average Bonchev–Trinajstić information content (AvgIpc) is 3.38. The van der Waals surface area contributed by atoms with E-state index in [-0.39, 0.29) is 36.6 Å². The summed E-state index contributed by atoms with van der Waals surface area (Å²) in [5, 5.41) is 5.00. The summed E-state index contributed by atoms with van der Waals surface area (Å²) in [6, 6.07) is 16.8. The molecule has 1 aromatic heterocycles. The maximum absolute atomic E-state index is 13.0. The van der Waals surface area contributed by atoms with E-state index >= 15 is 0 Å². The van der Waals surface area contributed by atoms with Crippen LogP contribution in [0.15, 0.2) is 60.0 Å². The fourth-order valence-corrected chi connectivity index (χ4v) is 5.28. The van der Waals surface area contributed by atoms with Gasteiger partial charge in [0.05, 0.1) is 24.9 Å². The molecule has 0 aliphatic carbocycles.